The average molecular weight is 258 g/mol. The van der Waals surface area contributed by atoms with Gasteiger partial charge in [-0.05, 0) is 36.9 Å². The molecule has 92 valence electrons. The number of anilines is 1. The van der Waals surface area contributed by atoms with Crippen LogP contribution in [0.2, 0.25) is 0 Å². The van der Waals surface area contributed by atoms with Crippen molar-refractivity contribution in [2.75, 3.05) is 11.4 Å². The topological polar surface area (TPSA) is 47.3 Å². The summed E-state index contributed by atoms with van der Waals surface area (Å²) in [6, 6.07) is 8.53. The summed E-state index contributed by atoms with van der Waals surface area (Å²) in [4.78, 5) is 2.24. The van der Waals surface area contributed by atoms with Crippen molar-refractivity contribution in [2.45, 2.75) is 25.5 Å². The highest BCUT2D eigenvalue weighted by atomic mass is 32.1. The number of benzene rings is 1. The van der Waals surface area contributed by atoms with E-state index in [9.17, 15) is 5.11 Å². The Morgan fingerprint density at radius 3 is 2.94 bits per heavy atom. The highest BCUT2D eigenvalue weighted by molar-refractivity contribution is 7.17. The van der Waals surface area contributed by atoms with Gasteiger partial charge in [0.05, 0.1) is 16.4 Å². The Balaban J connectivity index is 2.14. The fraction of sp³-hybridized carbons (Fsp3) is 0.357. The third-order valence-electron chi connectivity index (χ3n) is 3.58. The quantitative estimate of drug-likeness (QED) is 0.855. The van der Waals surface area contributed by atoms with Crippen LogP contribution in [0.3, 0.4) is 0 Å². The number of aliphatic hydroxyl groups excluding tert-OH is 1. The van der Waals surface area contributed by atoms with Crippen molar-refractivity contribution in [1.29, 1.82) is 5.26 Å². The van der Waals surface area contributed by atoms with Gasteiger partial charge in [-0.2, -0.15) is 5.26 Å². The monoisotopic (exact) mass is 258 g/mol. The lowest BCUT2D eigenvalue weighted by Crippen LogP contribution is -2.27. The van der Waals surface area contributed by atoms with Crippen LogP contribution in [0.25, 0.3) is 10.1 Å². The number of rotatable bonds is 1. The summed E-state index contributed by atoms with van der Waals surface area (Å²) in [5.41, 5.74) is 1.87. The third kappa shape index (κ3) is 1.67. The molecule has 2 aromatic rings. The van der Waals surface area contributed by atoms with Crippen LogP contribution in [0.1, 0.15) is 18.9 Å². The van der Waals surface area contributed by atoms with Crippen molar-refractivity contribution >= 4 is 27.1 Å². The van der Waals surface area contributed by atoms with Crippen LogP contribution in [0.4, 0.5) is 5.69 Å². The van der Waals surface area contributed by atoms with Crippen LogP contribution < -0.4 is 4.90 Å². The van der Waals surface area contributed by atoms with Crippen LogP contribution in [0.5, 0.6) is 0 Å². The van der Waals surface area contributed by atoms with Crippen molar-refractivity contribution < 1.29 is 5.11 Å². The lowest BCUT2D eigenvalue weighted by atomic mass is 10.1. The Morgan fingerprint density at radius 2 is 2.28 bits per heavy atom. The summed E-state index contributed by atoms with van der Waals surface area (Å²) in [5, 5.41) is 22.0. The van der Waals surface area contributed by atoms with E-state index in [1.807, 2.05) is 17.5 Å². The molecule has 1 aliphatic heterocycles. The summed E-state index contributed by atoms with van der Waals surface area (Å²) >= 11 is 1.60. The van der Waals surface area contributed by atoms with Gasteiger partial charge in [0.25, 0.3) is 0 Å². The molecule has 1 saturated heterocycles. The van der Waals surface area contributed by atoms with Crippen molar-refractivity contribution in [3.63, 3.8) is 0 Å². The molecule has 0 amide bonds. The van der Waals surface area contributed by atoms with Gasteiger partial charge in [0.2, 0.25) is 0 Å². The largest absolute Gasteiger partial charge is 0.391 e. The van der Waals surface area contributed by atoms with E-state index in [4.69, 9.17) is 5.26 Å². The van der Waals surface area contributed by atoms with Gasteiger partial charge in [-0.3, -0.25) is 0 Å². The summed E-state index contributed by atoms with van der Waals surface area (Å²) in [6.45, 7) is 2.81. The third-order valence-corrected chi connectivity index (χ3v) is 4.52. The van der Waals surface area contributed by atoms with E-state index in [1.165, 1.54) is 0 Å². The van der Waals surface area contributed by atoms with Crippen molar-refractivity contribution in [1.82, 2.24) is 0 Å². The second-order valence-corrected chi connectivity index (χ2v) is 5.71. The molecule has 3 nitrogen and oxygen atoms in total. The Hall–Kier alpha value is -1.57. The van der Waals surface area contributed by atoms with E-state index in [1.54, 1.807) is 11.3 Å². The number of thiophene rings is 1. The van der Waals surface area contributed by atoms with E-state index >= 15 is 0 Å². The molecule has 0 radical (unpaired) electrons. The highest BCUT2D eigenvalue weighted by Crippen LogP contribution is 2.36. The molecule has 0 bridgehead atoms. The summed E-state index contributed by atoms with van der Waals surface area (Å²) in [5.74, 6) is 0. The minimum Gasteiger partial charge on any atom is -0.391 e. The summed E-state index contributed by atoms with van der Waals surface area (Å²) in [6.07, 6.45) is 0.565. The smallest absolute Gasteiger partial charge is 0.101 e. The second kappa shape index (κ2) is 4.27. The summed E-state index contributed by atoms with van der Waals surface area (Å²) < 4.78 is 1.04. The number of nitriles is 1. The first-order valence-electron chi connectivity index (χ1n) is 6.05. The number of β-amino-alcohol motifs (C(OH)–C–C–N with tert-alkyl or cyclic N) is 1. The molecule has 2 atom stereocenters. The molecular weight excluding hydrogens is 244 g/mol. The van der Waals surface area contributed by atoms with E-state index in [-0.39, 0.29) is 6.10 Å². The van der Waals surface area contributed by atoms with E-state index < -0.39 is 0 Å². The zero-order valence-electron chi connectivity index (χ0n) is 10.1. The Kier molecular flexibility index (Phi) is 2.73. The van der Waals surface area contributed by atoms with Gasteiger partial charge in [0, 0.05) is 23.7 Å². The maximum atomic E-state index is 9.76. The average Bonchev–Trinajstić information content (AvgIpc) is 2.94. The maximum absolute atomic E-state index is 9.76. The highest BCUT2D eigenvalue weighted by Gasteiger charge is 2.28. The minimum atomic E-state index is -0.246. The number of hydrogen-bond donors (Lipinski definition) is 1. The lowest BCUT2D eigenvalue weighted by Gasteiger charge is -2.24. The first-order chi connectivity index (χ1) is 8.70. The van der Waals surface area contributed by atoms with Crippen LogP contribution in [0.15, 0.2) is 23.6 Å². The fourth-order valence-corrected chi connectivity index (χ4v) is 3.60. The van der Waals surface area contributed by atoms with Crippen molar-refractivity contribution in [3.8, 4) is 6.07 Å². The fourth-order valence-electron chi connectivity index (χ4n) is 2.72. The normalized spacial score (nSPS) is 23.5. The minimum absolute atomic E-state index is 0.246. The molecule has 1 N–H and O–H groups in total. The molecule has 1 aliphatic rings. The van der Waals surface area contributed by atoms with Crippen LogP contribution >= 0.6 is 11.3 Å². The van der Waals surface area contributed by atoms with Crippen LogP contribution in [-0.2, 0) is 0 Å². The van der Waals surface area contributed by atoms with Gasteiger partial charge in [-0.25, -0.2) is 0 Å². The van der Waals surface area contributed by atoms with Gasteiger partial charge in [-0.15, -0.1) is 11.3 Å². The van der Waals surface area contributed by atoms with E-state index in [0.29, 0.717) is 12.6 Å². The molecule has 0 spiro atoms. The number of fused-ring (bicyclic) bond motifs is 1. The van der Waals surface area contributed by atoms with Crippen molar-refractivity contribution in [2.24, 2.45) is 0 Å². The Labute approximate surface area is 110 Å². The molecule has 3 rings (SSSR count). The molecule has 1 fully saturated rings. The predicted molar refractivity (Wildman–Crippen MR) is 74.0 cm³/mol. The molecule has 0 aliphatic carbocycles. The predicted octanol–water partition coefficient (Wildman–Crippen LogP) is 2.73. The zero-order valence-corrected chi connectivity index (χ0v) is 10.9. The van der Waals surface area contributed by atoms with Gasteiger partial charge in [-0.1, -0.05) is 0 Å². The van der Waals surface area contributed by atoms with Gasteiger partial charge < -0.3 is 10.0 Å². The van der Waals surface area contributed by atoms with Crippen LogP contribution in [-0.4, -0.2) is 23.8 Å². The Morgan fingerprint density at radius 1 is 1.44 bits per heavy atom. The molecule has 2 unspecified atom stereocenters. The van der Waals surface area contributed by atoms with Crippen molar-refractivity contribution in [3.05, 3.63) is 29.1 Å². The van der Waals surface area contributed by atoms with Crippen LogP contribution in [0, 0.1) is 11.3 Å². The first kappa shape index (κ1) is 11.5. The lowest BCUT2D eigenvalue weighted by molar-refractivity contribution is 0.195. The maximum Gasteiger partial charge on any atom is 0.101 e. The number of aliphatic hydroxyl groups is 1. The Bertz CT molecular complexity index is 628. The van der Waals surface area contributed by atoms with Gasteiger partial charge >= 0.3 is 0 Å². The number of hydrogen-bond acceptors (Lipinski definition) is 4. The van der Waals surface area contributed by atoms with E-state index in [0.717, 1.165) is 27.8 Å². The molecule has 2 heterocycles. The number of nitrogens with zero attached hydrogens (tertiary/aromatic N) is 2. The standard InChI is InChI=1S/C14H14N2OS/c1-9-6-11(17)8-16(9)13-3-2-10(7-15)14-12(13)4-5-18-14/h2-5,9,11,17H,6,8H2,1H3. The molecular formula is C14H14N2OS. The molecule has 1 aromatic carbocycles. The first-order valence-corrected chi connectivity index (χ1v) is 6.93. The second-order valence-electron chi connectivity index (χ2n) is 4.80. The van der Waals surface area contributed by atoms with Gasteiger partial charge in [0.15, 0.2) is 0 Å². The molecule has 1 aromatic heterocycles. The molecule has 4 heteroatoms. The summed E-state index contributed by atoms with van der Waals surface area (Å²) in [7, 11) is 0. The molecule has 18 heavy (non-hydrogen) atoms. The van der Waals surface area contributed by atoms with Gasteiger partial charge in [0.1, 0.15) is 6.07 Å². The SMILES string of the molecule is CC1CC(O)CN1c1ccc(C#N)c2sccc12. The molecule has 0 saturated carbocycles. The zero-order chi connectivity index (χ0) is 12.7. The van der Waals surface area contributed by atoms with E-state index in [2.05, 4.69) is 24.0 Å².